The maximum Gasteiger partial charge on any atom is 0.293 e. The zero-order chi connectivity index (χ0) is 17.1. The lowest BCUT2D eigenvalue weighted by molar-refractivity contribution is 0.214. The number of rotatable bonds is 4. The fourth-order valence-electron chi connectivity index (χ4n) is 2.81. The van der Waals surface area contributed by atoms with Crippen LogP contribution >= 0.6 is 0 Å². The van der Waals surface area contributed by atoms with E-state index in [9.17, 15) is 13.6 Å². The van der Waals surface area contributed by atoms with E-state index in [1.165, 1.54) is 4.57 Å². The van der Waals surface area contributed by atoms with Gasteiger partial charge in [-0.3, -0.25) is 4.79 Å². The van der Waals surface area contributed by atoms with Crippen molar-refractivity contribution >= 4 is 5.82 Å². The SMILES string of the molecule is Cn1ccnc(N2CCC(COc3cc(F)ccc3F)CC2)c1=O. The van der Waals surface area contributed by atoms with E-state index in [0.29, 0.717) is 25.5 Å². The predicted octanol–water partition coefficient (Wildman–Crippen LogP) is 2.35. The lowest BCUT2D eigenvalue weighted by atomic mass is 9.98. The Labute approximate surface area is 138 Å². The fourth-order valence-corrected chi connectivity index (χ4v) is 2.81. The van der Waals surface area contributed by atoms with Gasteiger partial charge in [0.15, 0.2) is 17.4 Å². The first kappa shape index (κ1) is 16.4. The van der Waals surface area contributed by atoms with Crippen molar-refractivity contribution in [2.45, 2.75) is 12.8 Å². The van der Waals surface area contributed by atoms with E-state index in [-0.39, 0.29) is 17.2 Å². The van der Waals surface area contributed by atoms with Crippen molar-refractivity contribution in [3.05, 3.63) is 52.6 Å². The molecule has 128 valence electrons. The first-order valence-electron chi connectivity index (χ1n) is 7.89. The normalized spacial score (nSPS) is 15.5. The van der Waals surface area contributed by atoms with Crippen LogP contribution in [0.25, 0.3) is 0 Å². The molecule has 1 aliphatic rings. The Hall–Kier alpha value is -2.44. The third-order valence-electron chi connectivity index (χ3n) is 4.28. The number of halogens is 2. The number of piperidine rings is 1. The van der Waals surface area contributed by atoms with Gasteiger partial charge in [-0.05, 0) is 30.9 Å². The summed E-state index contributed by atoms with van der Waals surface area (Å²) in [5.41, 5.74) is -0.117. The molecule has 0 bridgehead atoms. The Bertz CT molecular complexity index is 771. The molecular formula is C17H19F2N3O2. The van der Waals surface area contributed by atoms with Crippen LogP contribution in [0.3, 0.4) is 0 Å². The Balaban J connectivity index is 1.56. The Kier molecular flexibility index (Phi) is 4.78. The van der Waals surface area contributed by atoms with Gasteiger partial charge in [-0.2, -0.15) is 0 Å². The highest BCUT2D eigenvalue weighted by atomic mass is 19.1. The number of aryl methyl sites for hydroxylation is 1. The van der Waals surface area contributed by atoms with Gasteiger partial charge < -0.3 is 14.2 Å². The van der Waals surface area contributed by atoms with E-state index >= 15 is 0 Å². The number of nitrogens with zero attached hydrogens (tertiary/aromatic N) is 3. The molecule has 0 atom stereocenters. The highest BCUT2D eigenvalue weighted by Gasteiger charge is 2.23. The van der Waals surface area contributed by atoms with Gasteiger partial charge in [0.1, 0.15) is 5.82 Å². The average Bonchev–Trinajstić information content (AvgIpc) is 2.59. The standard InChI is InChI=1S/C17H19F2N3O2/c1-21-9-6-20-16(17(21)23)22-7-4-12(5-8-22)11-24-15-10-13(18)2-3-14(15)19/h2-3,6,9-10,12H,4-5,7-8,11H2,1H3. The number of benzene rings is 1. The van der Waals surface area contributed by atoms with Crippen LogP contribution in [-0.4, -0.2) is 29.2 Å². The molecule has 0 radical (unpaired) electrons. The largest absolute Gasteiger partial charge is 0.490 e. The van der Waals surface area contributed by atoms with Gasteiger partial charge in [-0.1, -0.05) is 0 Å². The van der Waals surface area contributed by atoms with E-state index in [4.69, 9.17) is 4.74 Å². The molecule has 0 saturated carbocycles. The van der Waals surface area contributed by atoms with E-state index in [2.05, 4.69) is 4.98 Å². The van der Waals surface area contributed by atoms with Gasteiger partial charge in [0.2, 0.25) is 0 Å². The van der Waals surface area contributed by atoms with Gasteiger partial charge in [0.05, 0.1) is 6.61 Å². The molecule has 7 heteroatoms. The number of hydrogen-bond acceptors (Lipinski definition) is 4. The van der Waals surface area contributed by atoms with E-state index in [1.807, 2.05) is 4.90 Å². The summed E-state index contributed by atoms with van der Waals surface area (Å²) in [4.78, 5) is 18.2. The molecule has 2 aromatic rings. The fraction of sp³-hybridized carbons (Fsp3) is 0.412. The van der Waals surface area contributed by atoms with Crippen molar-refractivity contribution in [2.24, 2.45) is 13.0 Å². The second kappa shape index (κ2) is 6.98. The molecule has 1 fully saturated rings. The molecule has 1 aromatic carbocycles. The monoisotopic (exact) mass is 335 g/mol. The summed E-state index contributed by atoms with van der Waals surface area (Å²) in [5, 5.41) is 0. The third kappa shape index (κ3) is 3.55. The predicted molar refractivity (Wildman–Crippen MR) is 86.3 cm³/mol. The first-order valence-corrected chi connectivity index (χ1v) is 7.89. The molecule has 0 aliphatic carbocycles. The average molecular weight is 335 g/mol. The zero-order valence-corrected chi connectivity index (χ0v) is 13.4. The zero-order valence-electron chi connectivity index (χ0n) is 13.4. The molecule has 0 spiro atoms. The van der Waals surface area contributed by atoms with Gasteiger partial charge in [0, 0.05) is 38.6 Å². The van der Waals surface area contributed by atoms with Crippen LogP contribution in [-0.2, 0) is 7.05 Å². The van der Waals surface area contributed by atoms with Crippen LogP contribution in [0.1, 0.15) is 12.8 Å². The van der Waals surface area contributed by atoms with Crippen LogP contribution in [0.4, 0.5) is 14.6 Å². The maximum atomic E-state index is 13.5. The third-order valence-corrected chi connectivity index (χ3v) is 4.28. The summed E-state index contributed by atoms with van der Waals surface area (Å²) in [6.07, 6.45) is 4.84. The van der Waals surface area contributed by atoms with Crippen LogP contribution in [0.2, 0.25) is 0 Å². The van der Waals surface area contributed by atoms with Crippen molar-refractivity contribution in [2.75, 3.05) is 24.6 Å². The molecule has 1 aliphatic heterocycles. The van der Waals surface area contributed by atoms with Gasteiger partial charge >= 0.3 is 0 Å². The smallest absolute Gasteiger partial charge is 0.293 e. The molecule has 0 unspecified atom stereocenters. The number of anilines is 1. The second-order valence-corrected chi connectivity index (χ2v) is 5.98. The lowest BCUT2D eigenvalue weighted by Gasteiger charge is -2.32. The highest BCUT2D eigenvalue weighted by Crippen LogP contribution is 2.23. The second-order valence-electron chi connectivity index (χ2n) is 5.98. The number of ether oxygens (including phenoxy) is 1. The van der Waals surface area contributed by atoms with Crippen molar-refractivity contribution in [1.82, 2.24) is 9.55 Å². The van der Waals surface area contributed by atoms with E-state index < -0.39 is 11.6 Å². The molecule has 0 N–H and O–H groups in total. The van der Waals surface area contributed by atoms with Crippen molar-refractivity contribution < 1.29 is 13.5 Å². The molecule has 24 heavy (non-hydrogen) atoms. The van der Waals surface area contributed by atoms with Gasteiger partial charge in [0.25, 0.3) is 5.56 Å². The number of hydrogen-bond donors (Lipinski definition) is 0. The van der Waals surface area contributed by atoms with Crippen LogP contribution in [0.5, 0.6) is 5.75 Å². The quantitative estimate of drug-likeness (QED) is 0.861. The van der Waals surface area contributed by atoms with Crippen molar-refractivity contribution in [3.8, 4) is 5.75 Å². The first-order chi connectivity index (χ1) is 11.5. The molecule has 0 amide bonds. The van der Waals surface area contributed by atoms with Gasteiger partial charge in [-0.25, -0.2) is 13.8 Å². The lowest BCUT2D eigenvalue weighted by Crippen LogP contribution is -2.40. The summed E-state index contributed by atoms with van der Waals surface area (Å²) in [6.45, 7) is 1.70. The van der Waals surface area contributed by atoms with Crippen LogP contribution in [0, 0.1) is 17.6 Å². The molecule has 2 heterocycles. The minimum Gasteiger partial charge on any atom is -0.490 e. The Morgan fingerprint density at radius 3 is 2.79 bits per heavy atom. The summed E-state index contributed by atoms with van der Waals surface area (Å²) in [6, 6.07) is 3.18. The van der Waals surface area contributed by atoms with E-state index in [0.717, 1.165) is 31.0 Å². The molecule has 5 nitrogen and oxygen atoms in total. The van der Waals surface area contributed by atoms with Crippen molar-refractivity contribution in [3.63, 3.8) is 0 Å². The van der Waals surface area contributed by atoms with Crippen LogP contribution < -0.4 is 15.2 Å². The molecule has 3 rings (SSSR count). The summed E-state index contributed by atoms with van der Waals surface area (Å²) in [7, 11) is 1.70. The Morgan fingerprint density at radius 2 is 2.04 bits per heavy atom. The molecular weight excluding hydrogens is 316 g/mol. The molecule has 1 aromatic heterocycles. The summed E-state index contributed by atoms with van der Waals surface area (Å²) in [5.74, 6) is -0.457. The Morgan fingerprint density at radius 1 is 1.29 bits per heavy atom. The highest BCUT2D eigenvalue weighted by molar-refractivity contribution is 5.36. The minimum atomic E-state index is -0.564. The minimum absolute atomic E-state index is 0.0592. The summed E-state index contributed by atoms with van der Waals surface area (Å²) < 4.78 is 33.6. The van der Waals surface area contributed by atoms with E-state index in [1.54, 1.807) is 19.4 Å². The number of aromatic nitrogens is 2. The van der Waals surface area contributed by atoms with Gasteiger partial charge in [-0.15, -0.1) is 0 Å². The molecule has 1 saturated heterocycles. The maximum absolute atomic E-state index is 13.5. The van der Waals surface area contributed by atoms with Crippen LogP contribution in [0.15, 0.2) is 35.4 Å². The topological polar surface area (TPSA) is 47.4 Å². The summed E-state index contributed by atoms with van der Waals surface area (Å²) >= 11 is 0. The van der Waals surface area contributed by atoms with Crippen molar-refractivity contribution in [1.29, 1.82) is 0 Å².